The zero-order chi connectivity index (χ0) is 12.3. The molecule has 1 fully saturated rings. The predicted octanol–water partition coefficient (Wildman–Crippen LogP) is 0.481. The number of rotatable bonds is 4. The third-order valence-electron chi connectivity index (χ3n) is 3.04. The molecule has 17 heavy (non-hydrogen) atoms. The van der Waals surface area contributed by atoms with Crippen LogP contribution in [0.1, 0.15) is 18.4 Å². The van der Waals surface area contributed by atoms with Crippen molar-refractivity contribution in [2.24, 2.45) is 0 Å². The molecule has 0 radical (unpaired) electrons. The lowest BCUT2D eigenvalue weighted by Gasteiger charge is -2.34. The Bertz CT molecular complexity index is 343. The molecule has 0 spiro atoms. The Balaban J connectivity index is 1.75. The maximum atomic E-state index is 9.33. The molecule has 0 amide bonds. The van der Waals surface area contributed by atoms with Gasteiger partial charge in [-0.3, -0.25) is 9.80 Å². The van der Waals surface area contributed by atoms with E-state index in [0.29, 0.717) is 0 Å². The van der Waals surface area contributed by atoms with Crippen LogP contribution in [-0.4, -0.2) is 58.9 Å². The summed E-state index contributed by atoms with van der Waals surface area (Å²) in [6, 6.07) is 1.99. The first kappa shape index (κ1) is 12.5. The summed E-state index contributed by atoms with van der Waals surface area (Å²) in [5.74, 6) is 0.937. The van der Waals surface area contributed by atoms with Gasteiger partial charge in [0.2, 0.25) is 0 Å². The molecule has 0 aliphatic carbocycles. The summed E-state index contributed by atoms with van der Waals surface area (Å²) in [7, 11) is 0. The van der Waals surface area contributed by atoms with Crippen molar-refractivity contribution in [3.63, 3.8) is 0 Å². The fourth-order valence-electron chi connectivity index (χ4n) is 2.21. The van der Waals surface area contributed by atoms with Crippen molar-refractivity contribution in [3.05, 3.63) is 17.5 Å². The first-order chi connectivity index (χ1) is 8.13. The molecule has 5 nitrogen and oxygen atoms in total. The fraction of sp³-hybridized carbons (Fsp3) is 0.750. The monoisotopic (exact) mass is 239 g/mol. The van der Waals surface area contributed by atoms with E-state index in [1.54, 1.807) is 0 Å². The molecule has 2 heterocycles. The molecule has 2 rings (SSSR count). The number of β-amino-alcohol motifs (C(OH)–C–C–N with tert-alkyl or cyclic N) is 1. The minimum absolute atomic E-state index is 0.238. The van der Waals surface area contributed by atoms with Gasteiger partial charge in [-0.05, 0) is 13.8 Å². The fourth-order valence-corrected chi connectivity index (χ4v) is 2.21. The molecule has 1 aliphatic heterocycles. The summed E-state index contributed by atoms with van der Waals surface area (Å²) in [6.45, 7) is 9.45. The lowest BCUT2D eigenvalue weighted by molar-refractivity contribution is 0.0745. The quantitative estimate of drug-likeness (QED) is 0.828. The van der Waals surface area contributed by atoms with Gasteiger partial charge in [-0.2, -0.15) is 0 Å². The number of nitrogens with zero attached hydrogens (tertiary/aromatic N) is 3. The minimum atomic E-state index is -0.238. The molecular weight excluding hydrogens is 218 g/mol. The Morgan fingerprint density at radius 3 is 2.53 bits per heavy atom. The second-order valence-corrected chi connectivity index (χ2v) is 4.86. The lowest BCUT2D eigenvalue weighted by Crippen LogP contribution is -2.47. The molecule has 0 aromatic carbocycles. The average Bonchev–Trinajstić information content (AvgIpc) is 2.66. The van der Waals surface area contributed by atoms with Crippen molar-refractivity contribution < 1.29 is 9.63 Å². The topological polar surface area (TPSA) is 52.7 Å². The summed E-state index contributed by atoms with van der Waals surface area (Å²) in [5.41, 5.74) is 0.938. The SMILES string of the molecule is Cc1cc(CN2CCN(C[C@@H](C)O)CC2)on1. The Hall–Kier alpha value is -0.910. The van der Waals surface area contributed by atoms with Gasteiger partial charge in [-0.1, -0.05) is 5.16 Å². The van der Waals surface area contributed by atoms with Gasteiger partial charge < -0.3 is 9.63 Å². The van der Waals surface area contributed by atoms with E-state index in [9.17, 15) is 5.11 Å². The maximum absolute atomic E-state index is 9.33. The molecule has 1 atom stereocenters. The van der Waals surface area contributed by atoms with E-state index in [1.165, 1.54) is 0 Å². The van der Waals surface area contributed by atoms with Crippen LogP contribution in [0.4, 0.5) is 0 Å². The minimum Gasteiger partial charge on any atom is -0.392 e. The number of aliphatic hydroxyl groups excluding tert-OH is 1. The van der Waals surface area contributed by atoms with Crippen LogP contribution in [0.3, 0.4) is 0 Å². The summed E-state index contributed by atoms with van der Waals surface area (Å²) >= 11 is 0. The van der Waals surface area contributed by atoms with E-state index in [4.69, 9.17) is 4.52 Å². The van der Waals surface area contributed by atoms with Gasteiger partial charge >= 0.3 is 0 Å². The Kier molecular flexibility index (Phi) is 4.15. The van der Waals surface area contributed by atoms with Crippen LogP contribution in [0.25, 0.3) is 0 Å². The largest absolute Gasteiger partial charge is 0.392 e. The highest BCUT2D eigenvalue weighted by molar-refractivity contribution is 5.03. The van der Waals surface area contributed by atoms with E-state index < -0.39 is 0 Å². The van der Waals surface area contributed by atoms with Crippen LogP contribution in [0, 0.1) is 6.92 Å². The molecule has 1 saturated heterocycles. The molecule has 0 saturated carbocycles. The molecule has 0 unspecified atom stereocenters. The van der Waals surface area contributed by atoms with Crippen LogP contribution in [-0.2, 0) is 6.54 Å². The summed E-state index contributed by atoms with van der Waals surface area (Å²) in [4.78, 5) is 4.66. The highest BCUT2D eigenvalue weighted by Gasteiger charge is 2.18. The lowest BCUT2D eigenvalue weighted by atomic mass is 10.2. The van der Waals surface area contributed by atoms with Gasteiger partial charge in [0.1, 0.15) is 0 Å². The molecule has 5 heteroatoms. The van der Waals surface area contributed by atoms with Gasteiger partial charge in [0, 0.05) is 38.8 Å². The number of hydrogen-bond donors (Lipinski definition) is 1. The summed E-state index contributed by atoms with van der Waals surface area (Å²) in [6.07, 6.45) is -0.238. The number of aliphatic hydroxyl groups is 1. The zero-order valence-electron chi connectivity index (χ0n) is 10.6. The molecule has 1 aromatic heterocycles. The molecule has 96 valence electrons. The smallest absolute Gasteiger partial charge is 0.150 e. The van der Waals surface area contributed by atoms with E-state index in [0.717, 1.165) is 50.7 Å². The number of piperazine rings is 1. The molecule has 1 aromatic rings. The van der Waals surface area contributed by atoms with E-state index in [-0.39, 0.29) is 6.10 Å². The third kappa shape index (κ3) is 3.80. The second-order valence-electron chi connectivity index (χ2n) is 4.86. The summed E-state index contributed by atoms with van der Waals surface area (Å²) < 4.78 is 5.21. The number of aryl methyl sites for hydroxylation is 1. The van der Waals surface area contributed by atoms with Gasteiger partial charge in [-0.15, -0.1) is 0 Å². The Morgan fingerprint density at radius 1 is 1.35 bits per heavy atom. The highest BCUT2D eigenvalue weighted by atomic mass is 16.5. The highest BCUT2D eigenvalue weighted by Crippen LogP contribution is 2.09. The first-order valence-corrected chi connectivity index (χ1v) is 6.18. The van der Waals surface area contributed by atoms with Crippen LogP contribution in [0.15, 0.2) is 10.6 Å². The van der Waals surface area contributed by atoms with E-state index in [2.05, 4.69) is 15.0 Å². The van der Waals surface area contributed by atoms with Crippen molar-refractivity contribution in [3.8, 4) is 0 Å². The normalized spacial score (nSPS) is 20.6. The van der Waals surface area contributed by atoms with Gasteiger partial charge in [-0.25, -0.2) is 0 Å². The molecule has 1 aliphatic rings. The van der Waals surface area contributed by atoms with Crippen LogP contribution < -0.4 is 0 Å². The van der Waals surface area contributed by atoms with E-state index in [1.807, 2.05) is 19.9 Å². The van der Waals surface area contributed by atoms with Gasteiger partial charge in [0.15, 0.2) is 5.76 Å². The van der Waals surface area contributed by atoms with Gasteiger partial charge in [0.05, 0.1) is 18.3 Å². The predicted molar refractivity (Wildman–Crippen MR) is 64.6 cm³/mol. The first-order valence-electron chi connectivity index (χ1n) is 6.18. The van der Waals surface area contributed by atoms with Crippen molar-refractivity contribution in [1.29, 1.82) is 0 Å². The number of hydrogen-bond acceptors (Lipinski definition) is 5. The van der Waals surface area contributed by atoms with Crippen molar-refractivity contribution in [2.75, 3.05) is 32.7 Å². The van der Waals surface area contributed by atoms with Crippen LogP contribution >= 0.6 is 0 Å². The maximum Gasteiger partial charge on any atom is 0.150 e. The Morgan fingerprint density at radius 2 is 2.00 bits per heavy atom. The van der Waals surface area contributed by atoms with E-state index >= 15 is 0 Å². The Labute approximate surface area is 102 Å². The van der Waals surface area contributed by atoms with Crippen molar-refractivity contribution in [1.82, 2.24) is 15.0 Å². The molecule has 1 N–H and O–H groups in total. The van der Waals surface area contributed by atoms with Gasteiger partial charge in [0.25, 0.3) is 0 Å². The average molecular weight is 239 g/mol. The van der Waals surface area contributed by atoms with Crippen molar-refractivity contribution in [2.45, 2.75) is 26.5 Å². The summed E-state index contributed by atoms with van der Waals surface area (Å²) in [5, 5.41) is 13.2. The molecule has 0 bridgehead atoms. The molecular formula is C12H21N3O2. The van der Waals surface area contributed by atoms with Crippen LogP contribution in [0.5, 0.6) is 0 Å². The van der Waals surface area contributed by atoms with Crippen LogP contribution in [0.2, 0.25) is 0 Å². The number of aromatic nitrogens is 1. The zero-order valence-corrected chi connectivity index (χ0v) is 10.6. The second kappa shape index (κ2) is 5.62. The standard InChI is InChI=1S/C12H21N3O2/c1-10-7-12(17-13-10)9-15-5-3-14(4-6-15)8-11(2)16/h7,11,16H,3-6,8-9H2,1-2H3/t11-/m1/s1. The third-order valence-corrected chi connectivity index (χ3v) is 3.04. The van der Waals surface area contributed by atoms with Crippen molar-refractivity contribution >= 4 is 0 Å².